The number of rotatable bonds is 2. The van der Waals surface area contributed by atoms with Gasteiger partial charge in [-0.3, -0.25) is 9.88 Å². The van der Waals surface area contributed by atoms with E-state index in [9.17, 15) is 0 Å². The molecule has 1 aliphatic rings. The van der Waals surface area contributed by atoms with Crippen LogP contribution in [-0.2, 0) is 6.54 Å². The van der Waals surface area contributed by atoms with Gasteiger partial charge in [-0.25, -0.2) is 0 Å². The molecule has 0 bridgehead atoms. The molecule has 0 saturated carbocycles. The summed E-state index contributed by atoms with van der Waals surface area (Å²) < 4.78 is 0. The van der Waals surface area contributed by atoms with Gasteiger partial charge in [0.25, 0.3) is 0 Å². The van der Waals surface area contributed by atoms with Crippen LogP contribution in [0.15, 0.2) is 24.5 Å². The Bertz CT molecular complexity index is 216. The van der Waals surface area contributed by atoms with Gasteiger partial charge in [0.05, 0.1) is 0 Å². The fraction of sp³-hybridized carbons (Fsp3) is 0.444. The van der Waals surface area contributed by atoms with Gasteiger partial charge in [0, 0.05) is 18.9 Å². The lowest BCUT2D eigenvalue weighted by Crippen LogP contribution is -2.36. The summed E-state index contributed by atoms with van der Waals surface area (Å²) >= 11 is 0. The first-order chi connectivity index (χ1) is 5.45. The minimum Gasteiger partial charge on any atom is -0.299 e. The third-order valence-corrected chi connectivity index (χ3v) is 2.10. The Hall–Kier alpha value is -0.890. The van der Waals surface area contributed by atoms with Crippen molar-refractivity contribution in [1.29, 1.82) is 0 Å². The lowest BCUT2D eigenvalue weighted by atomic mass is 10.2. The Morgan fingerprint density at radius 1 is 1.27 bits per heavy atom. The monoisotopic (exact) mass is 148 g/mol. The minimum absolute atomic E-state index is 1.10. The van der Waals surface area contributed by atoms with Crippen LogP contribution in [0.4, 0.5) is 0 Å². The molecule has 2 heterocycles. The standard InChI is InChI=1S/C9H12N2/c1-6-11(7-1)8-9-2-4-10-5-3-9/h2-5H,1,6-8H2. The topological polar surface area (TPSA) is 16.1 Å². The maximum Gasteiger partial charge on any atom is 0.0271 e. The number of hydrogen-bond acceptors (Lipinski definition) is 2. The Kier molecular flexibility index (Phi) is 1.86. The number of pyridine rings is 1. The summed E-state index contributed by atoms with van der Waals surface area (Å²) in [6.07, 6.45) is 5.08. The van der Waals surface area contributed by atoms with Crippen molar-refractivity contribution >= 4 is 0 Å². The van der Waals surface area contributed by atoms with E-state index in [0.29, 0.717) is 0 Å². The highest BCUT2D eigenvalue weighted by Crippen LogP contribution is 2.10. The summed E-state index contributed by atoms with van der Waals surface area (Å²) in [7, 11) is 0. The number of nitrogens with zero attached hydrogens (tertiary/aromatic N) is 2. The third kappa shape index (κ3) is 1.57. The van der Waals surface area contributed by atoms with Gasteiger partial charge in [-0.2, -0.15) is 0 Å². The summed E-state index contributed by atoms with van der Waals surface area (Å²) in [5.41, 5.74) is 1.37. The first kappa shape index (κ1) is 6.80. The lowest BCUT2D eigenvalue weighted by Gasteiger charge is -2.30. The van der Waals surface area contributed by atoms with Gasteiger partial charge in [-0.1, -0.05) is 0 Å². The molecule has 0 N–H and O–H groups in total. The molecule has 11 heavy (non-hydrogen) atoms. The molecular formula is C9H12N2. The number of likely N-dealkylation sites (tertiary alicyclic amines) is 1. The predicted molar refractivity (Wildman–Crippen MR) is 44.1 cm³/mol. The van der Waals surface area contributed by atoms with Gasteiger partial charge >= 0.3 is 0 Å². The molecule has 2 rings (SSSR count). The van der Waals surface area contributed by atoms with E-state index >= 15 is 0 Å². The Morgan fingerprint density at radius 3 is 2.55 bits per heavy atom. The number of hydrogen-bond donors (Lipinski definition) is 0. The Balaban J connectivity index is 1.95. The molecule has 0 aromatic carbocycles. The van der Waals surface area contributed by atoms with E-state index in [1.165, 1.54) is 25.1 Å². The van der Waals surface area contributed by atoms with Gasteiger partial charge in [0.15, 0.2) is 0 Å². The summed E-state index contributed by atoms with van der Waals surface area (Å²) in [5.74, 6) is 0. The van der Waals surface area contributed by atoms with Crippen LogP contribution < -0.4 is 0 Å². The maximum atomic E-state index is 3.98. The molecule has 58 valence electrons. The van der Waals surface area contributed by atoms with Crippen LogP contribution in [0.5, 0.6) is 0 Å². The molecule has 0 radical (unpaired) electrons. The molecule has 0 aliphatic carbocycles. The van der Waals surface area contributed by atoms with E-state index in [0.717, 1.165) is 6.54 Å². The van der Waals surface area contributed by atoms with Crippen molar-refractivity contribution in [2.45, 2.75) is 13.0 Å². The molecule has 1 aromatic heterocycles. The van der Waals surface area contributed by atoms with Crippen LogP contribution in [-0.4, -0.2) is 23.0 Å². The van der Waals surface area contributed by atoms with Crippen molar-refractivity contribution in [3.05, 3.63) is 30.1 Å². The molecule has 1 saturated heterocycles. The maximum absolute atomic E-state index is 3.98. The zero-order valence-electron chi connectivity index (χ0n) is 6.53. The average molecular weight is 148 g/mol. The molecule has 2 heteroatoms. The molecule has 1 aromatic rings. The quantitative estimate of drug-likeness (QED) is 0.628. The van der Waals surface area contributed by atoms with Gasteiger partial charge < -0.3 is 0 Å². The largest absolute Gasteiger partial charge is 0.299 e. The first-order valence-corrected chi connectivity index (χ1v) is 4.06. The van der Waals surface area contributed by atoms with Crippen LogP contribution in [0, 0.1) is 0 Å². The van der Waals surface area contributed by atoms with Gasteiger partial charge in [0.2, 0.25) is 0 Å². The van der Waals surface area contributed by atoms with Gasteiger partial charge in [-0.15, -0.1) is 0 Å². The van der Waals surface area contributed by atoms with Crippen LogP contribution in [0.3, 0.4) is 0 Å². The summed E-state index contributed by atoms with van der Waals surface area (Å²) in [5, 5.41) is 0. The second kappa shape index (κ2) is 3.01. The van der Waals surface area contributed by atoms with E-state index in [1.807, 2.05) is 12.4 Å². The highest BCUT2D eigenvalue weighted by molar-refractivity contribution is 5.09. The average Bonchev–Trinajstić information content (AvgIpc) is 1.99. The van der Waals surface area contributed by atoms with Crippen molar-refractivity contribution < 1.29 is 0 Å². The van der Waals surface area contributed by atoms with Crippen molar-refractivity contribution in [2.24, 2.45) is 0 Å². The zero-order valence-corrected chi connectivity index (χ0v) is 6.53. The van der Waals surface area contributed by atoms with Crippen LogP contribution in [0.2, 0.25) is 0 Å². The lowest BCUT2D eigenvalue weighted by molar-refractivity contribution is 0.172. The van der Waals surface area contributed by atoms with Gasteiger partial charge in [-0.05, 0) is 37.2 Å². The third-order valence-electron chi connectivity index (χ3n) is 2.10. The highest BCUT2D eigenvalue weighted by atomic mass is 15.2. The summed E-state index contributed by atoms with van der Waals surface area (Å²) in [6.45, 7) is 3.63. The van der Waals surface area contributed by atoms with Crippen LogP contribution >= 0.6 is 0 Å². The van der Waals surface area contributed by atoms with Crippen molar-refractivity contribution in [2.75, 3.05) is 13.1 Å². The van der Waals surface area contributed by atoms with Crippen LogP contribution in [0.25, 0.3) is 0 Å². The molecule has 1 fully saturated rings. The van der Waals surface area contributed by atoms with Gasteiger partial charge in [0.1, 0.15) is 0 Å². The molecule has 0 spiro atoms. The van der Waals surface area contributed by atoms with Crippen molar-refractivity contribution in [3.63, 3.8) is 0 Å². The molecule has 2 nitrogen and oxygen atoms in total. The molecule has 0 atom stereocenters. The van der Waals surface area contributed by atoms with Crippen LogP contribution in [0.1, 0.15) is 12.0 Å². The SMILES string of the molecule is c1cc(CN2CCC2)ccn1. The number of aromatic nitrogens is 1. The summed E-state index contributed by atoms with van der Waals surface area (Å²) in [4.78, 5) is 6.42. The minimum atomic E-state index is 1.10. The normalized spacial score (nSPS) is 17.8. The summed E-state index contributed by atoms with van der Waals surface area (Å²) in [6, 6.07) is 4.16. The second-order valence-electron chi connectivity index (χ2n) is 2.99. The van der Waals surface area contributed by atoms with E-state index in [2.05, 4.69) is 22.0 Å². The Morgan fingerprint density at radius 2 is 2.00 bits per heavy atom. The fourth-order valence-corrected chi connectivity index (χ4v) is 1.29. The molecule has 0 unspecified atom stereocenters. The van der Waals surface area contributed by atoms with Crippen molar-refractivity contribution in [1.82, 2.24) is 9.88 Å². The fourth-order valence-electron chi connectivity index (χ4n) is 1.29. The predicted octanol–water partition coefficient (Wildman–Crippen LogP) is 1.29. The molecular weight excluding hydrogens is 136 g/mol. The van der Waals surface area contributed by atoms with Crippen molar-refractivity contribution in [3.8, 4) is 0 Å². The molecule has 0 amide bonds. The highest BCUT2D eigenvalue weighted by Gasteiger charge is 2.12. The molecule has 1 aliphatic heterocycles. The second-order valence-corrected chi connectivity index (χ2v) is 2.99. The van der Waals surface area contributed by atoms with E-state index in [-0.39, 0.29) is 0 Å². The Labute approximate surface area is 66.9 Å². The first-order valence-electron chi connectivity index (χ1n) is 4.06. The zero-order chi connectivity index (χ0) is 7.52. The smallest absolute Gasteiger partial charge is 0.0271 e. The van der Waals surface area contributed by atoms with E-state index in [1.54, 1.807) is 0 Å². The van der Waals surface area contributed by atoms with E-state index < -0.39 is 0 Å². The van der Waals surface area contributed by atoms with E-state index in [4.69, 9.17) is 0 Å².